The second kappa shape index (κ2) is 3.35. The quantitative estimate of drug-likeness (QED) is 0.615. The van der Waals surface area contributed by atoms with Gasteiger partial charge in [0.15, 0.2) is 0 Å². The molecule has 0 radical (unpaired) electrons. The number of carbonyl (C=O) groups is 2. The van der Waals surface area contributed by atoms with Crippen LogP contribution in [0.25, 0.3) is 0 Å². The van der Waals surface area contributed by atoms with E-state index >= 15 is 0 Å². The third-order valence-corrected chi connectivity index (χ3v) is 3.18. The van der Waals surface area contributed by atoms with E-state index in [-0.39, 0.29) is 23.8 Å². The summed E-state index contributed by atoms with van der Waals surface area (Å²) in [4.78, 5) is 24.5. The minimum absolute atomic E-state index is 0.110. The average Bonchev–Trinajstić information content (AvgIpc) is 2.60. The van der Waals surface area contributed by atoms with Crippen molar-refractivity contribution in [1.29, 1.82) is 0 Å². The summed E-state index contributed by atoms with van der Waals surface area (Å²) in [6.07, 6.45) is 2.16. The van der Waals surface area contributed by atoms with Crippen LogP contribution in [0.4, 0.5) is 0 Å². The van der Waals surface area contributed by atoms with Crippen molar-refractivity contribution < 1.29 is 14.7 Å². The highest BCUT2D eigenvalue weighted by atomic mass is 16.3. The van der Waals surface area contributed by atoms with Crippen LogP contribution in [0.2, 0.25) is 0 Å². The van der Waals surface area contributed by atoms with Gasteiger partial charge in [0.2, 0.25) is 11.8 Å². The molecule has 2 fully saturated rings. The molecular formula is C10H15NO3. The molecule has 1 heterocycles. The fourth-order valence-corrected chi connectivity index (χ4v) is 2.38. The van der Waals surface area contributed by atoms with E-state index in [2.05, 4.69) is 0 Å². The van der Waals surface area contributed by atoms with Crippen LogP contribution < -0.4 is 0 Å². The summed E-state index contributed by atoms with van der Waals surface area (Å²) in [6.45, 7) is 1.77. The number of carbonyl (C=O) groups excluding carboxylic acids is 2. The van der Waals surface area contributed by atoms with Gasteiger partial charge in [-0.15, -0.1) is 0 Å². The van der Waals surface area contributed by atoms with Gasteiger partial charge in [0.25, 0.3) is 0 Å². The number of aliphatic hydroxyl groups is 1. The second-order valence-electron chi connectivity index (χ2n) is 4.27. The molecule has 2 amide bonds. The molecule has 0 bridgehead atoms. The zero-order chi connectivity index (χ0) is 10.3. The lowest BCUT2D eigenvalue weighted by Gasteiger charge is -2.24. The van der Waals surface area contributed by atoms with E-state index in [9.17, 15) is 14.7 Å². The summed E-state index contributed by atoms with van der Waals surface area (Å²) in [7, 11) is 0. The number of aliphatic hydroxyl groups excluding tert-OH is 1. The van der Waals surface area contributed by atoms with Crippen LogP contribution in [-0.4, -0.2) is 34.0 Å². The molecule has 2 aliphatic rings. The van der Waals surface area contributed by atoms with E-state index in [1.165, 1.54) is 4.90 Å². The Morgan fingerprint density at radius 3 is 2.50 bits per heavy atom. The Bertz CT molecular complexity index is 277. The average molecular weight is 197 g/mol. The SMILES string of the molecule is CC1CC(=O)N([C@H]2CCC[C@@H]2O)C1=O. The highest BCUT2D eigenvalue weighted by molar-refractivity contribution is 6.03. The molecule has 0 aromatic heterocycles. The van der Waals surface area contributed by atoms with Gasteiger partial charge in [0.05, 0.1) is 12.1 Å². The van der Waals surface area contributed by atoms with Gasteiger partial charge < -0.3 is 5.11 Å². The number of imide groups is 1. The Morgan fingerprint density at radius 1 is 1.36 bits per heavy atom. The van der Waals surface area contributed by atoms with Gasteiger partial charge in [0, 0.05) is 12.3 Å². The van der Waals surface area contributed by atoms with Crippen molar-refractivity contribution in [3.05, 3.63) is 0 Å². The van der Waals surface area contributed by atoms with Gasteiger partial charge in [-0.3, -0.25) is 14.5 Å². The van der Waals surface area contributed by atoms with Crippen LogP contribution in [0, 0.1) is 5.92 Å². The predicted molar refractivity (Wildman–Crippen MR) is 49.3 cm³/mol. The topological polar surface area (TPSA) is 57.6 Å². The molecule has 0 aromatic carbocycles. The fraction of sp³-hybridized carbons (Fsp3) is 0.800. The highest BCUT2D eigenvalue weighted by Crippen LogP contribution is 2.30. The van der Waals surface area contributed by atoms with E-state index in [4.69, 9.17) is 0 Å². The molecule has 0 aromatic rings. The maximum atomic E-state index is 11.6. The molecular weight excluding hydrogens is 182 g/mol. The first-order valence-corrected chi connectivity index (χ1v) is 5.15. The number of hydrogen-bond donors (Lipinski definition) is 1. The Morgan fingerprint density at radius 2 is 2.07 bits per heavy atom. The molecule has 78 valence electrons. The lowest BCUT2D eigenvalue weighted by molar-refractivity contribution is -0.144. The van der Waals surface area contributed by atoms with Crippen molar-refractivity contribution in [3.8, 4) is 0 Å². The van der Waals surface area contributed by atoms with Crippen molar-refractivity contribution in [2.75, 3.05) is 0 Å². The zero-order valence-electron chi connectivity index (χ0n) is 8.27. The molecule has 1 unspecified atom stereocenters. The first kappa shape index (κ1) is 9.65. The minimum atomic E-state index is -0.506. The summed E-state index contributed by atoms with van der Waals surface area (Å²) in [5, 5.41) is 9.63. The molecule has 0 spiro atoms. The standard InChI is InChI=1S/C10H15NO3/c1-6-5-9(13)11(10(6)14)7-3-2-4-8(7)12/h6-8,12H,2-5H2,1H3/t6?,7-,8-/m0/s1. The van der Waals surface area contributed by atoms with E-state index in [1.54, 1.807) is 6.92 Å². The van der Waals surface area contributed by atoms with Crippen LogP contribution in [0.3, 0.4) is 0 Å². The van der Waals surface area contributed by atoms with E-state index < -0.39 is 6.10 Å². The van der Waals surface area contributed by atoms with E-state index in [0.717, 1.165) is 12.8 Å². The number of hydrogen-bond acceptors (Lipinski definition) is 3. The molecule has 14 heavy (non-hydrogen) atoms. The van der Waals surface area contributed by atoms with Gasteiger partial charge in [-0.05, 0) is 19.3 Å². The Balaban J connectivity index is 2.17. The molecule has 4 nitrogen and oxygen atoms in total. The molecule has 1 saturated heterocycles. The zero-order valence-corrected chi connectivity index (χ0v) is 8.27. The number of nitrogens with zero attached hydrogens (tertiary/aromatic N) is 1. The van der Waals surface area contributed by atoms with Crippen LogP contribution in [-0.2, 0) is 9.59 Å². The summed E-state index contributed by atoms with van der Waals surface area (Å²) in [5.74, 6) is -0.426. The van der Waals surface area contributed by atoms with Crippen molar-refractivity contribution in [2.45, 2.75) is 44.8 Å². The smallest absolute Gasteiger partial charge is 0.232 e. The van der Waals surface area contributed by atoms with Gasteiger partial charge >= 0.3 is 0 Å². The van der Waals surface area contributed by atoms with Crippen molar-refractivity contribution in [2.24, 2.45) is 5.92 Å². The minimum Gasteiger partial charge on any atom is -0.391 e. The first-order chi connectivity index (χ1) is 6.61. The van der Waals surface area contributed by atoms with Crippen molar-refractivity contribution in [3.63, 3.8) is 0 Å². The van der Waals surface area contributed by atoms with E-state index in [1.807, 2.05) is 0 Å². The van der Waals surface area contributed by atoms with Crippen LogP contribution in [0.1, 0.15) is 32.6 Å². The molecule has 2 rings (SSSR count). The molecule has 1 saturated carbocycles. The Hall–Kier alpha value is -0.900. The maximum Gasteiger partial charge on any atom is 0.232 e. The normalized spacial score (nSPS) is 38.4. The second-order valence-corrected chi connectivity index (χ2v) is 4.27. The fourth-order valence-electron chi connectivity index (χ4n) is 2.38. The van der Waals surface area contributed by atoms with Crippen LogP contribution in [0.15, 0.2) is 0 Å². The first-order valence-electron chi connectivity index (χ1n) is 5.15. The van der Waals surface area contributed by atoms with Gasteiger partial charge in [-0.25, -0.2) is 0 Å². The van der Waals surface area contributed by atoms with Crippen LogP contribution >= 0.6 is 0 Å². The molecule has 1 aliphatic carbocycles. The van der Waals surface area contributed by atoms with Crippen molar-refractivity contribution >= 4 is 11.8 Å². The number of amides is 2. The predicted octanol–water partition coefficient (Wildman–Crippen LogP) is 0.295. The third kappa shape index (κ3) is 1.34. The molecule has 1 N–H and O–H groups in total. The highest BCUT2D eigenvalue weighted by Gasteiger charge is 2.43. The maximum absolute atomic E-state index is 11.6. The number of rotatable bonds is 1. The Labute approximate surface area is 82.9 Å². The van der Waals surface area contributed by atoms with E-state index in [0.29, 0.717) is 12.8 Å². The lowest BCUT2D eigenvalue weighted by atomic mass is 10.1. The number of likely N-dealkylation sites (tertiary alicyclic amines) is 1. The van der Waals surface area contributed by atoms with Gasteiger partial charge in [0.1, 0.15) is 0 Å². The van der Waals surface area contributed by atoms with Crippen molar-refractivity contribution in [1.82, 2.24) is 4.90 Å². The Kier molecular flexibility index (Phi) is 2.31. The molecule has 4 heteroatoms. The molecule has 1 aliphatic heterocycles. The van der Waals surface area contributed by atoms with Crippen LogP contribution in [0.5, 0.6) is 0 Å². The summed E-state index contributed by atoms with van der Waals surface area (Å²) in [5.41, 5.74) is 0. The summed E-state index contributed by atoms with van der Waals surface area (Å²) >= 11 is 0. The summed E-state index contributed by atoms with van der Waals surface area (Å²) in [6, 6.07) is -0.250. The lowest BCUT2D eigenvalue weighted by Crippen LogP contribution is -2.44. The van der Waals surface area contributed by atoms with Gasteiger partial charge in [-0.1, -0.05) is 6.92 Å². The summed E-state index contributed by atoms with van der Waals surface area (Å²) < 4.78 is 0. The third-order valence-electron chi connectivity index (χ3n) is 3.18. The van der Waals surface area contributed by atoms with Gasteiger partial charge in [-0.2, -0.15) is 0 Å². The monoisotopic (exact) mass is 197 g/mol. The molecule has 3 atom stereocenters. The largest absolute Gasteiger partial charge is 0.391 e.